The number of aliphatic imine (C=N–C) groups is 1. The zero-order chi connectivity index (χ0) is 71.6. The Morgan fingerprint density at radius 2 is 0.596 bits per heavy atom. The summed E-state index contributed by atoms with van der Waals surface area (Å²) in [6.07, 6.45) is 10.6. The number of hydrogen-bond donors (Lipinski definition) is 20. The monoisotopic (exact) mass is 1370 g/mol. The first-order chi connectivity index (χ1) is 47.8. The van der Waals surface area contributed by atoms with Crippen molar-refractivity contribution in [1.82, 2.24) is 57.5 Å². The molecule has 3 aromatic heterocycles. The Balaban J connectivity index is 1.33. The number of nitrogens with zero attached hydrogens (tertiary/aromatic N) is 1. The first kappa shape index (κ1) is 78.5. The van der Waals surface area contributed by atoms with Gasteiger partial charge in [-0.1, -0.05) is 61.0 Å². The number of carbonyl (C=O) groups is 9. The van der Waals surface area contributed by atoms with Crippen LogP contribution in [0.5, 0.6) is 0 Å². The molecule has 3 heterocycles. The Hall–Kier alpha value is -9.46. The fourth-order valence-corrected chi connectivity index (χ4v) is 11.8. The molecule has 30 nitrogen and oxygen atoms in total. The third kappa shape index (κ3) is 25.1. The summed E-state index contributed by atoms with van der Waals surface area (Å²) in [5, 5.41) is 25.0. The molecule has 3 aromatic carbocycles. The third-order valence-corrected chi connectivity index (χ3v) is 17.4. The Labute approximate surface area is 576 Å². The molecule has 0 spiro atoms. The molecule has 99 heavy (non-hydrogen) atoms. The van der Waals surface area contributed by atoms with Crippen molar-refractivity contribution in [1.29, 1.82) is 0 Å². The standard InChI is InChI=1S/C69H105N21O9/c70-30-12-7-21-48(75)61(92)84-53(26-9-14-32-72)64(95)89-59(38-44-41-82-51-24-6-3-20-47(44)51)68(99)90-58(37-43-40-81-50-23-5-2-19-46(43)50)67(98)86-54(27-10-15-33-73)63(94)85-55(28-11-16-34-74)65(96)88-57(36-42-39-80-49-22-4-1-18-45(42)49)66(97)87-56(29-17-35-79-69(77)78)62(93)83-52(60(76)91)25-8-13-31-71/h1-6,18-20,22-24,39-41,48,52-59,80-82H,7-17,21,25-38,70-75H2,(H2,76,91)(H,83,93)(H,84,92)(H,85,94)(H,86,98)(H,87,97)(H,88,96)(H,89,95)(H,90,99)(H4,77,78,79)/t48-,52-,53-,54-,55-,56-,57-,58-,59-/m0/s1. The number of para-hydroxylation sites is 3. The number of aromatic amines is 3. The minimum absolute atomic E-state index is 0.0100. The predicted octanol–water partition coefficient (Wildman–Crippen LogP) is -0.452. The molecule has 0 radical (unpaired) electrons. The zero-order valence-electron chi connectivity index (χ0n) is 56.6. The van der Waals surface area contributed by atoms with Gasteiger partial charge in [0.25, 0.3) is 0 Å². The van der Waals surface area contributed by atoms with Gasteiger partial charge in [0.15, 0.2) is 5.96 Å². The number of unbranched alkanes of at least 4 members (excludes halogenated alkanes) is 5. The number of nitrogens with two attached hydrogens (primary N) is 9. The Morgan fingerprint density at radius 1 is 0.333 bits per heavy atom. The first-order valence-electron chi connectivity index (χ1n) is 34.5. The number of benzene rings is 3. The maximum Gasteiger partial charge on any atom is 0.243 e. The Morgan fingerprint density at radius 3 is 0.909 bits per heavy atom. The van der Waals surface area contributed by atoms with Crippen molar-refractivity contribution in [3.8, 4) is 0 Å². The number of nitrogens with one attached hydrogen (secondary N) is 11. The number of H-pyrrole nitrogens is 3. The summed E-state index contributed by atoms with van der Waals surface area (Å²) >= 11 is 0. The summed E-state index contributed by atoms with van der Waals surface area (Å²) in [6, 6.07) is 10.8. The summed E-state index contributed by atoms with van der Waals surface area (Å²) in [6.45, 7) is 1.68. The SMILES string of the molecule is NCCCC[C@H](NC(=O)[C@H](CCCN=C(N)N)NC(=O)[C@H](Cc1c[nH]c2ccccc12)NC(=O)[C@H](CCCCN)NC(=O)[C@H](CCCCN)NC(=O)[C@H](Cc1c[nH]c2ccccc12)NC(=O)[C@H](Cc1c[nH]c2ccccc12)NC(=O)[C@H](CCCCN)NC(=O)[C@@H](N)CCCCN)C(N)=O. The van der Waals surface area contributed by atoms with E-state index < -0.39 is 108 Å². The molecular weight excluding hydrogens is 1270 g/mol. The molecule has 0 fully saturated rings. The number of amides is 9. The fraction of sp³-hybridized carbons (Fsp3) is 0.507. The number of carbonyl (C=O) groups excluding carboxylic acids is 9. The lowest BCUT2D eigenvalue weighted by Gasteiger charge is -2.28. The van der Waals surface area contributed by atoms with Gasteiger partial charge in [-0.25, -0.2) is 0 Å². The van der Waals surface area contributed by atoms with Crippen LogP contribution < -0.4 is 94.1 Å². The molecule has 540 valence electrons. The molecule has 9 amide bonds. The first-order valence-corrected chi connectivity index (χ1v) is 34.5. The molecule has 29 N–H and O–H groups in total. The van der Waals surface area contributed by atoms with E-state index in [2.05, 4.69) is 62.5 Å². The second-order valence-electron chi connectivity index (χ2n) is 25.1. The van der Waals surface area contributed by atoms with E-state index in [0.717, 1.165) is 32.7 Å². The maximum atomic E-state index is 15.3. The fourth-order valence-electron chi connectivity index (χ4n) is 11.8. The summed E-state index contributed by atoms with van der Waals surface area (Å²) in [4.78, 5) is 144. The van der Waals surface area contributed by atoms with E-state index in [4.69, 9.17) is 51.6 Å². The maximum absolute atomic E-state index is 15.3. The van der Waals surface area contributed by atoms with Crippen LogP contribution in [0.4, 0.5) is 0 Å². The Kier molecular flexibility index (Phi) is 33.1. The average molecular weight is 1370 g/mol. The molecule has 0 unspecified atom stereocenters. The van der Waals surface area contributed by atoms with Crippen LogP contribution in [0.3, 0.4) is 0 Å². The summed E-state index contributed by atoms with van der Waals surface area (Å²) in [5.74, 6) is -6.84. The van der Waals surface area contributed by atoms with Crippen LogP contribution in [-0.2, 0) is 62.4 Å². The van der Waals surface area contributed by atoms with Crippen LogP contribution in [0.15, 0.2) is 96.4 Å². The van der Waals surface area contributed by atoms with Crippen molar-refractivity contribution in [2.24, 2.45) is 56.6 Å². The Bertz CT molecular complexity index is 3600. The number of rotatable bonds is 47. The number of primary amides is 1. The van der Waals surface area contributed by atoms with Crippen molar-refractivity contribution in [3.63, 3.8) is 0 Å². The largest absolute Gasteiger partial charge is 0.370 e. The summed E-state index contributed by atoms with van der Waals surface area (Å²) in [7, 11) is 0. The molecule has 6 rings (SSSR count). The highest BCUT2D eigenvalue weighted by Gasteiger charge is 2.36. The van der Waals surface area contributed by atoms with E-state index >= 15 is 19.2 Å². The van der Waals surface area contributed by atoms with Gasteiger partial charge in [-0.05, 0) is 170 Å². The van der Waals surface area contributed by atoms with Gasteiger partial charge in [-0.15, -0.1) is 0 Å². The minimum Gasteiger partial charge on any atom is -0.370 e. The topological polar surface area (TPSA) is 544 Å². The van der Waals surface area contributed by atoms with Gasteiger partial charge in [-0.2, -0.15) is 0 Å². The highest BCUT2D eigenvalue weighted by Crippen LogP contribution is 2.24. The second-order valence-corrected chi connectivity index (χ2v) is 25.1. The van der Waals surface area contributed by atoms with Gasteiger partial charge in [0.1, 0.15) is 48.3 Å². The van der Waals surface area contributed by atoms with Gasteiger partial charge in [-0.3, -0.25) is 48.1 Å². The van der Waals surface area contributed by atoms with E-state index in [9.17, 15) is 24.0 Å². The molecule has 6 aromatic rings. The van der Waals surface area contributed by atoms with Crippen molar-refractivity contribution in [3.05, 3.63) is 108 Å². The molecular formula is C69H105N21O9. The van der Waals surface area contributed by atoms with Crippen LogP contribution in [0.1, 0.15) is 126 Å². The minimum atomic E-state index is -1.42. The third-order valence-electron chi connectivity index (χ3n) is 17.4. The second kappa shape index (κ2) is 41.7. The predicted molar refractivity (Wildman–Crippen MR) is 383 cm³/mol. The average Bonchev–Trinajstić information content (AvgIpc) is 1.82. The van der Waals surface area contributed by atoms with Gasteiger partial charge in [0, 0.05) is 77.1 Å². The van der Waals surface area contributed by atoms with Crippen molar-refractivity contribution < 1.29 is 43.2 Å². The van der Waals surface area contributed by atoms with Crippen LogP contribution in [-0.4, -0.2) is 168 Å². The number of fused-ring (bicyclic) bond motifs is 3. The molecule has 30 heteroatoms. The number of aromatic nitrogens is 3. The molecule has 0 saturated carbocycles. The quantitative estimate of drug-likeness (QED) is 0.0131. The van der Waals surface area contributed by atoms with Crippen LogP contribution in [0, 0.1) is 0 Å². The molecule has 0 bridgehead atoms. The highest BCUT2D eigenvalue weighted by atomic mass is 16.2. The van der Waals surface area contributed by atoms with Crippen LogP contribution in [0.25, 0.3) is 32.7 Å². The van der Waals surface area contributed by atoms with Crippen molar-refractivity contribution >= 4 is 91.8 Å². The molecule has 0 saturated heterocycles. The van der Waals surface area contributed by atoms with E-state index in [1.165, 1.54) is 0 Å². The smallest absolute Gasteiger partial charge is 0.243 e. The van der Waals surface area contributed by atoms with Crippen molar-refractivity contribution in [2.75, 3.05) is 39.3 Å². The molecule has 0 aliphatic carbocycles. The van der Waals surface area contributed by atoms with E-state index in [1.807, 2.05) is 72.8 Å². The van der Waals surface area contributed by atoms with Gasteiger partial charge in [0.2, 0.25) is 53.2 Å². The van der Waals surface area contributed by atoms with Crippen LogP contribution >= 0.6 is 0 Å². The lowest BCUT2D eigenvalue weighted by Crippen LogP contribution is -2.61. The van der Waals surface area contributed by atoms with Gasteiger partial charge >= 0.3 is 0 Å². The van der Waals surface area contributed by atoms with Crippen LogP contribution in [0.2, 0.25) is 0 Å². The molecule has 0 aliphatic rings. The van der Waals surface area contributed by atoms with Gasteiger partial charge in [0.05, 0.1) is 6.04 Å². The van der Waals surface area contributed by atoms with E-state index in [1.54, 1.807) is 18.6 Å². The van der Waals surface area contributed by atoms with Crippen molar-refractivity contribution in [2.45, 2.75) is 183 Å². The number of hydrogen-bond acceptors (Lipinski definition) is 16. The van der Waals surface area contributed by atoms with E-state index in [-0.39, 0.29) is 83.4 Å². The van der Waals surface area contributed by atoms with E-state index in [0.29, 0.717) is 107 Å². The highest BCUT2D eigenvalue weighted by molar-refractivity contribution is 5.99. The number of guanidine groups is 1. The molecule has 0 aliphatic heterocycles. The lowest BCUT2D eigenvalue weighted by molar-refractivity contribution is -0.136. The normalized spacial score (nSPS) is 14.1. The lowest BCUT2D eigenvalue weighted by atomic mass is 10.00. The summed E-state index contributed by atoms with van der Waals surface area (Å²) < 4.78 is 0. The zero-order valence-corrected chi connectivity index (χ0v) is 56.6. The van der Waals surface area contributed by atoms with Gasteiger partial charge < -0.3 is 109 Å². The molecule has 9 atom stereocenters. The summed E-state index contributed by atoms with van der Waals surface area (Å²) in [5.41, 5.74) is 56.6.